The van der Waals surface area contributed by atoms with E-state index in [2.05, 4.69) is 35.6 Å². The number of aromatic nitrogens is 3. The van der Waals surface area contributed by atoms with Crippen LogP contribution in [-0.2, 0) is 6.54 Å². The summed E-state index contributed by atoms with van der Waals surface area (Å²) in [6, 6.07) is 5.35. The molecule has 3 heterocycles. The highest BCUT2D eigenvalue weighted by atomic mass is 19.3. The van der Waals surface area contributed by atoms with Gasteiger partial charge in [0.15, 0.2) is 0 Å². The maximum absolute atomic E-state index is 12.4. The number of hydrogen-bond donors (Lipinski definition) is 3. The average molecular weight is 350 g/mol. The molecule has 0 amide bonds. The molecule has 25 heavy (non-hydrogen) atoms. The third-order valence-corrected chi connectivity index (χ3v) is 3.80. The van der Waals surface area contributed by atoms with Crippen LogP contribution in [0.3, 0.4) is 0 Å². The summed E-state index contributed by atoms with van der Waals surface area (Å²) in [6.45, 7) is -0.732. The highest BCUT2D eigenvalue weighted by Crippen LogP contribution is 2.18. The van der Waals surface area contributed by atoms with Crippen LogP contribution in [0.5, 0.6) is 5.88 Å². The Morgan fingerprint density at radius 2 is 2.20 bits per heavy atom. The first-order valence-electron chi connectivity index (χ1n) is 8.13. The second kappa shape index (κ2) is 8.52. The molecule has 0 aromatic carbocycles. The molecular weight excluding hydrogens is 330 g/mol. The van der Waals surface area contributed by atoms with E-state index in [-0.39, 0.29) is 12.4 Å². The molecule has 0 spiro atoms. The number of halogens is 2. The molecule has 3 N–H and O–H groups in total. The fourth-order valence-electron chi connectivity index (χ4n) is 2.62. The van der Waals surface area contributed by atoms with Crippen molar-refractivity contribution in [1.29, 1.82) is 0 Å². The molecule has 0 aliphatic carbocycles. The van der Waals surface area contributed by atoms with E-state index in [1.807, 2.05) is 0 Å². The molecule has 0 radical (unpaired) electrons. The third-order valence-electron chi connectivity index (χ3n) is 3.80. The predicted octanol–water partition coefficient (Wildman–Crippen LogP) is 2.25. The van der Waals surface area contributed by atoms with Crippen molar-refractivity contribution in [3.8, 4) is 5.88 Å². The van der Waals surface area contributed by atoms with E-state index in [0.29, 0.717) is 23.4 Å². The van der Waals surface area contributed by atoms with Crippen molar-refractivity contribution in [3.63, 3.8) is 0 Å². The van der Waals surface area contributed by atoms with Crippen LogP contribution < -0.4 is 20.7 Å². The normalized spacial score (nSPS) is 17.3. The number of hydrogen-bond acceptors (Lipinski definition) is 7. The molecule has 1 unspecified atom stereocenters. The second-order valence-corrected chi connectivity index (χ2v) is 5.65. The van der Waals surface area contributed by atoms with Gasteiger partial charge in [-0.25, -0.2) is 9.97 Å². The summed E-state index contributed by atoms with van der Waals surface area (Å²) in [7, 11) is 0. The first kappa shape index (κ1) is 17.3. The summed E-state index contributed by atoms with van der Waals surface area (Å²) in [4.78, 5) is 12.5. The van der Waals surface area contributed by atoms with E-state index in [1.165, 1.54) is 6.20 Å². The van der Waals surface area contributed by atoms with Gasteiger partial charge >= 0.3 is 6.61 Å². The van der Waals surface area contributed by atoms with E-state index >= 15 is 0 Å². The summed E-state index contributed by atoms with van der Waals surface area (Å²) >= 11 is 0. The lowest BCUT2D eigenvalue weighted by atomic mass is 10.1. The van der Waals surface area contributed by atoms with Gasteiger partial charge in [-0.1, -0.05) is 6.07 Å². The quantitative estimate of drug-likeness (QED) is 0.706. The highest BCUT2D eigenvalue weighted by molar-refractivity contribution is 5.41. The van der Waals surface area contributed by atoms with Crippen LogP contribution in [0.2, 0.25) is 0 Å². The molecule has 0 saturated carbocycles. The summed E-state index contributed by atoms with van der Waals surface area (Å²) in [5.41, 5.74) is 0.521. The molecule has 2 aromatic heterocycles. The molecule has 1 aliphatic rings. The van der Waals surface area contributed by atoms with Gasteiger partial charge in [0.2, 0.25) is 11.8 Å². The fourth-order valence-corrected chi connectivity index (χ4v) is 2.62. The van der Waals surface area contributed by atoms with Gasteiger partial charge in [0.25, 0.3) is 0 Å². The Morgan fingerprint density at radius 3 is 3.00 bits per heavy atom. The molecule has 1 saturated heterocycles. The zero-order valence-corrected chi connectivity index (χ0v) is 13.6. The topological polar surface area (TPSA) is 84.0 Å². The number of alkyl halides is 2. The number of rotatable bonds is 7. The van der Waals surface area contributed by atoms with Crippen molar-refractivity contribution in [2.45, 2.75) is 32.0 Å². The molecule has 1 fully saturated rings. The van der Waals surface area contributed by atoms with Gasteiger partial charge in [0.1, 0.15) is 5.82 Å². The van der Waals surface area contributed by atoms with Crippen molar-refractivity contribution in [2.75, 3.05) is 23.7 Å². The number of ether oxygens (including phenoxy) is 1. The van der Waals surface area contributed by atoms with Crippen molar-refractivity contribution in [3.05, 3.63) is 36.2 Å². The third kappa shape index (κ3) is 5.21. The zero-order valence-electron chi connectivity index (χ0n) is 13.6. The van der Waals surface area contributed by atoms with Crippen LogP contribution in [0.4, 0.5) is 20.5 Å². The van der Waals surface area contributed by atoms with Crippen LogP contribution >= 0.6 is 0 Å². The maximum Gasteiger partial charge on any atom is 0.388 e. The summed E-state index contributed by atoms with van der Waals surface area (Å²) in [5.74, 6) is 1.03. The number of piperidine rings is 1. The van der Waals surface area contributed by atoms with Crippen LogP contribution in [0.1, 0.15) is 18.4 Å². The Balaban J connectivity index is 1.61. The first-order chi connectivity index (χ1) is 12.2. The molecule has 2 aromatic rings. The van der Waals surface area contributed by atoms with Crippen molar-refractivity contribution in [2.24, 2.45) is 0 Å². The molecule has 7 nitrogen and oxygen atoms in total. The van der Waals surface area contributed by atoms with E-state index < -0.39 is 6.61 Å². The lowest BCUT2D eigenvalue weighted by Crippen LogP contribution is -2.38. The predicted molar refractivity (Wildman–Crippen MR) is 89.7 cm³/mol. The lowest BCUT2D eigenvalue weighted by Gasteiger charge is -2.23. The Kier molecular flexibility index (Phi) is 5.89. The summed E-state index contributed by atoms with van der Waals surface area (Å²) in [6.07, 6.45) is 5.24. The van der Waals surface area contributed by atoms with Gasteiger partial charge in [-0.05, 0) is 31.5 Å². The number of nitrogens with zero attached hydrogens (tertiary/aromatic N) is 3. The van der Waals surface area contributed by atoms with E-state index in [4.69, 9.17) is 0 Å². The molecular formula is C16H20F2N6O. The summed E-state index contributed by atoms with van der Waals surface area (Å²) < 4.78 is 29.3. The van der Waals surface area contributed by atoms with Crippen LogP contribution in [0, 0.1) is 0 Å². The van der Waals surface area contributed by atoms with Gasteiger partial charge in [-0.2, -0.15) is 13.8 Å². The number of pyridine rings is 1. The Bertz CT molecular complexity index is 681. The van der Waals surface area contributed by atoms with Gasteiger partial charge in [0, 0.05) is 37.1 Å². The SMILES string of the molecule is FC(F)Oc1ncccc1CNc1ccnc(NC2CCCNC2)n1. The minimum atomic E-state index is -2.91. The van der Waals surface area contributed by atoms with E-state index in [0.717, 1.165) is 25.9 Å². The molecule has 134 valence electrons. The lowest BCUT2D eigenvalue weighted by molar-refractivity contribution is -0.0534. The van der Waals surface area contributed by atoms with Crippen molar-refractivity contribution in [1.82, 2.24) is 20.3 Å². The van der Waals surface area contributed by atoms with E-state index in [1.54, 1.807) is 24.4 Å². The summed E-state index contributed by atoms with van der Waals surface area (Å²) in [5, 5.41) is 9.70. The van der Waals surface area contributed by atoms with Crippen molar-refractivity contribution < 1.29 is 13.5 Å². The smallest absolute Gasteiger partial charge is 0.388 e. The molecule has 3 rings (SSSR count). The van der Waals surface area contributed by atoms with Gasteiger partial charge < -0.3 is 20.7 Å². The molecule has 1 atom stereocenters. The second-order valence-electron chi connectivity index (χ2n) is 5.65. The van der Waals surface area contributed by atoms with Gasteiger partial charge in [-0.3, -0.25) is 0 Å². The van der Waals surface area contributed by atoms with Crippen molar-refractivity contribution >= 4 is 11.8 Å². The maximum atomic E-state index is 12.4. The van der Waals surface area contributed by atoms with E-state index in [9.17, 15) is 8.78 Å². The Morgan fingerprint density at radius 1 is 1.28 bits per heavy atom. The minimum Gasteiger partial charge on any atom is -0.417 e. The monoisotopic (exact) mass is 350 g/mol. The van der Waals surface area contributed by atoms with Crippen LogP contribution in [0.15, 0.2) is 30.6 Å². The largest absolute Gasteiger partial charge is 0.417 e. The standard InChI is InChI=1S/C16H20F2N6O/c17-15(18)25-14-11(3-1-7-20-14)9-22-13-5-8-21-16(24-13)23-12-4-2-6-19-10-12/h1,3,5,7-8,12,15,19H,2,4,6,9-10H2,(H2,21,22,23,24). The average Bonchev–Trinajstić information content (AvgIpc) is 2.62. The molecule has 9 heteroatoms. The minimum absolute atomic E-state index is 0.0920. The van der Waals surface area contributed by atoms with Gasteiger partial charge in [0.05, 0.1) is 0 Å². The number of nitrogens with one attached hydrogen (secondary N) is 3. The Labute approximate surface area is 144 Å². The highest BCUT2D eigenvalue weighted by Gasteiger charge is 2.14. The van der Waals surface area contributed by atoms with Crippen LogP contribution in [-0.4, -0.2) is 40.7 Å². The van der Waals surface area contributed by atoms with Gasteiger partial charge in [-0.15, -0.1) is 0 Å². The number of anilines is 2. The first-order valence-corrected chi connectivity index (χ1v) is 8.13. The fraction of sp³-hybridized carbons (Fsp3) is 0.438. The Hall–Kier alpha value is -2.55. The van der Waals surface area contributed by atoms with Crippen LogP contribution in [0.25, 0.3) is 0 Å². The zero-order chi connectivity index (χ0) is 17.5. The molecule has 0 bridgehead atoms. The molecule has 1 aliphatic heterocycles.